The van der Waals surface area contributed by atoms with Crippen LogP contribution in [0.25, 0.3) is 11.3 Å². The van der Waals surface area contributed by atoms with Gasteiger partial charge in [-0.05, 0) is 55.0 Å². The predicted molar refractivity (Wildman–Crippen MR) is 106 cm³/mol. The van der Waals surface area contributed by atoms with Gasteiger partial charge in [0.05, 0.1) is 10.6 Å². The monoisotopic (exact) mass is 364 g/mol. The molecule has 1 amide bonds. The van der Waals surface area contributed by atoms with Crippen LogP contribution in [0.5, 0.6) is 0 Å². The van der Waals surface area contributed by atoms with E-state index in [-0.39, 0.29) is 5.91 Å². The molecular formula is C20H20N4OS. The van der Waals surface area contributed by atoms with Gasteiger partial charge < -0.3 is 10.2 Å². The number of nitrogens with zero attached hydrogens (tertiary/aromatic N) is 3. The first-order valence-corrected chi connectivity index (χ1v) is 9.71. The van der Waals surface area contributed by atoms with Crippen LogP contribution in [0.15, 0.2) is 53.9 Å². The Morgan fingerprint density at radius 1 is 1.00 bits per heavy atom. The second-order valence-corrected chi connectivity index (χ2v) is 7.28. The lowest BCUT2D eigenvalue weighted by Gasteiger charge is -2.27. The molecule has 0 aliphatic carbocycles. The summed E-state index contributed by atoms with van der Waals surface area (Å²) in [7, 11) is 0. The molecule has 1 aromatic carbocycles. The molecule has 6 heteroatoms. The van der Waals surface area contributed by atoms with E-state index in [1.165, 1.54) is 30.6 Å². The van der Waals surface area contributed by atoms with Crippen molar-refractivity contribution in [3.05, 3.63) is 58.8 Å². The molecule has 1 aliphatic heterocycles. The zero-order valence-electron chi connectivity index (χ0n) is 14.4. The average Bonchev–Trinajstić information content (AvgIpc) is 3.24. The Labute approximate surface area is 156 Å². The number of benzene rings is 1. The number of thiophene rings is 1. The first-order chi connectivity index (χ1) is 12.8. The van der Waals surface area contributed by atoms with Crippen LogP contribution in [0.3, 0.4) is 0 Å². The Hall–Kier alpha value is -2.73. The van der Waals surface area contributed by atoms with Crippen LogP contribution in [0.4, 0.5) is 11.5 Å². The Morgan fingerprint density at radius 3 is 2.62 bits per heavy atom. The molecule has 1 fully saturated rings. The van der Waals surface area contributed by atoms with Gasteiger partial charge in [0.25, 0.3) is 5.91 Å². The predicted octanol–water partition coefficient (Wildman–Crippen LogP) is 4.45. The molecule has 3 aromatic rings. The number of nitrogens with one attached hydrogen (secondary N) is 1. The molecule has 3 heterocycles. The smallest absolute Gasteiger partial charge is 0.265 e. The van der Waals surface area contributed by atoms with E-state index >= 15 is 0 Å². The molecule has 0 spiro atoms. The van der Waals surface area contributed by atoms with Crippen molar-refractivity contribution >= 4 is 28.7 Å². The van der Waals surface area contributed by atoms with Crippen LogP contribution in [0, 0.1) is 0 Å². The standard InChI is InChI=1S/C20H20N4OS/c25-20(18-8-5-13-26-18)21-16-7-4-6-15(14-16)17-9-10-19(23-22-17)24-11-2-1-3-12-24/h4-10,13-14H,1-3,11-12H2,(H,21,25). The van der Waals surface area contributed by atoms with E-state index in [0.29, 0.717) is 4.88 Å². The van der Waals surface area contributed by atoms with E-state index in [0.717, 1.165) is 35.9 Å². The number of anilines is 2. The molecule has 4 rings (SSSR count). The molecule has 0 atom stereocenters. The number of piperidine rings is 1. The topological polar surface area (TPSA) is 58.1 Å². The fourth-order valence-electron chi connectivity index (χ4n) is 3.13. The molecule has 0 unspecified atom stereocenters. The number of carbonyl (C=O) groups excluding carboxylic acids is 1. The van der Waals surface area contributed by atoms with Crippen molar-refractivity contribution in [1.82, 2.24) is 10.2 Å². The first-order valence-electron chi connectivity index (χ1n) is 8.83. The van der Waals surface area contributed by atoms with E-state index in [9.17, 15) is 4.79 Å². The lowest BCUT2D eigenvalue weighted by atomic mass is 10.1. The van der Waals surface area contributed by atoms with E-state index in [2.05, 4.69) is 20.4 Å². The van der Waals surface area contributed by atoms with Gasteiger partial charge in [-0.3, -0.25) is 4.79 Å². The normalized spacial score (nSPS) is 14.2. The molecule has 1 N–H and O–H groups in total. The Balaban J connectivity index is 1.50. The van der Waals surface area contributed by atoms with Crippen molar-refractivity contribution in [3.8, 4) is 11.3 Å². The van der Waals surface area contributed by atoms with E-state index < -0.39 is 0 Å². The second kappa shape index (κ2) is 7.66. The first kappa shape index (κ1) is 16.7. The quantitative estimate of drug-likeness (QED) is 0.743. The summed E-state index contributed by atoms with van der Waals surface area (Å²) in [6.07, 6.45) is 3.73. The summed E-state index contributed by atoms with van der Waals surface area (Å²) in [4.78, 5) is 15.2. The van der Waals surface area contributed by atoms with Crippen LogP contribution in [-0.2, 0) is 0 Å². The van der Waals surface area contributed by atoms with Gasteiger partial charge in [-0.15, -0.1) is 21.5 Å². The average molecular weight is 364 g/mol. The van der Waals surface area contributed by atoms with Gasteiger partial charge in [-0.25, -0.2) is 0 Å². The molecule has 2 aromatic heterocycles. The minimum absolute atomic E-state index is 0.0938. The van der Waals surface area contributed by atoms with Gasteiger partial charge in [-0.2, -0.15) is 0 Å². The van der Waals surface area contributed by atoms with Crippen molar-refractivity contribution < 1.29 is 4.79 Å². The highest BCUT2D eigenvalue weighted by atomic mass is 32.1. The Bertz CT molecular complexity index is 871. The molecule has 1 aliphatic rings. The number of amides is 1. The van der Waals surface area contributed by atoms with Gasteiger partial charge in [-0.1, -0.05) is 18.2 Å². The third kappa shape index (κ3) is 3.75. The molecule has 132 valence electrons. The highest BCUT2D eigenvalue weighted by molar-refractivity contribution is 7.12. The molecule has 5 nitrogen and oxygen atoms in total. The zero-order valence-corrected chi connectivity index (χ0v) is 15.2. The number of rotatable bonds is 4. The lowest BCUT2D eigenvalue weighted by molar-refractivity contribution is 0.103. The van der Waals surface area contributed by atoms with Crippen LogP contribution in [-0.4, -0.2) is 29.2 Å². The maximum Gasteiger partial charge on any atom is 0.265 e. The highest BCUT2D eigenvalue weighted by Crippen LogP contribution is 2.23. The molecule has 1 saturated heterocycles. The van der Waals surface area contributed by atoms with Crippen molar-refractivity contribution in [2.45, 2.75) is 19.3 Å². The third-order valence-electron chi connectivity index (χ3n) is 4.49. The van der Waals surface area contributed by atoms with Gasteiger partial charge in [0.15, 0.2) is 5.82 Å². The molecular weight excluding hydrogens is 344 g/mol. The minimum Gasteiger partial charge on any atom is -0.355 e. The second-order valence-electron chi connectivity index (χ2n) is 6.34. The maximum atomic E-state index is 12.2. The van der Waals surface area contributed by atoms with Crippen LogP contribution >= 0.6 is 11.3 Å². The van der Waals surface area contributed by atoms with Gasteiger partial charge in [0, 0.05) is 24.3 Å². The van der Waals surface area contributed by atoms with Crippen LogP contribution in [0.1, 0.15) is 28.9 Å². The number of hydrogen-bond acceptors (Lipinski definition) is 5. The summed E-state index contributed by atoms with van der Waals surface area (Å²) in [5.41, 5.74) is 2.49. The number of aromatic nitrogens is 2. The van der Waals surface area contributed by atoms with Crippen LogP contribution < -0.4 is 10.2 Å². The maximum absolute atomic E-state index is 12.2. The van der Waals surface area contributed by atoms with Crippen molar-refractivity contribution in [1.29, 1.82) is 0 Å². The van der Waals surface area contributed by atoms with Crippen molar-refractivity contribution in [3.63, 3.8) is 0 Å². The highest BCUT2D eigenvalue weighted by Gasteiger charge is 2.13. The fraction of sp³-hybridized carbons (Fsp3) is 0.250. The van der Waals surface area contributed by atoms with Gasteiger partial charge in [0.2, 0.25) is 0 Å². The third-order valence-corrected chi connectivity index (χ3v) is 5.36. The summed E-state index contributed by atoms with van der Waals surface area (Å²) < 4.78 is 0. The molecule has 0 radical (unpaired) electrons. The van der Waals surface area contributed by atoms with E-state index in [1.807, 2.05) is 53.9 Å². The summed E-state index contributed by atoms with van der Waals surface area (Å²) in [6, 6.07) is 15.4. The van der Waals surface area contributed by atoms with E-state index in [1.54, 1.807) is 0 Å². The molecule has 0 saturated carbocycles. The molecule has 26 heavy (non-hydrogen) atoms. The minimum atomic E-state index is -0.0938. The summed E-state index contributed by atoms with van der Waals surface area (Å²) in [6.45, 7) is 2.11. The van der Waals surface area contributed by atoms with Crippen LogP contribution in [0.2, 0.25) is 0 Å². The fourth-order valence-corrected chi connectivity index (χ4v) is 3.75. The SMILES string of the molecule is O=C(Nc1cccc(-c2ccc(N3CCCCC3)nn2)c1)c1cccs1. The van der Waals surface area contributed by atoms with Crippen molar-refractivity contribution in [2.24, 2.45) is 0 Å². The van der Waals surface area contributed by atoms with E-state index in [4.69, 9.17) is 0 Å². The lowest BCUT2D eigenvalue weighted by Crippen LogP contribution is -2.30. The largest absolute Gasteiger partial charge is 0.355 e. The zero-order chi connectivity index (χ0) is 17.8. The summed E-state index contributed by atoms with van der Waals surface area (Å²) in [5, 5.41) is 13.6. The Morgan fingerprint density at radius 2 is 1.88 bits per heavy atom. The summed E-state index contributed by atoms with van der Waals surface area (Å²) >= 11 is 1.43. The number of hydrogen-bond donors (Lipinski definition) is 1. The Kier molecular flexibility index (Phi) is 4.93. The van der Waals surface area contributed by atoms with Gasteiger partial charge >= 0.3 is 0 Å². The van der Waals surface area contributed by atoms with Crippen molar-refractivity contribution in [2.75, 3.05) is 23.3 Å². The summed E-state index contributed by atoms with van der Waals surface area (Å²) in [5.74, 6) is 0.847. The van der Waals surface area contributed by atoms with Gasteiger partial charge in [0.1, 0.15) is 0 Å². The number of carbonyl (C=O) groups is 1. The molecule has 0 bridgehead atoms.